The quantitative estimate of drug-likeness (QED) is 0.337. The van der Waals surface area contributed by atoms with Crippen molar-refractivity contribution < 1.29 is 42.1 Å². The van der Waals surface area contributed by atoms with Crippen LogP contribution in [0.15, 0.2) is 66.7 Å². The first-order valence-corrected chi connectivity index (χ1v) is 12.5. The summed E-state index contributed by atoms with van der Waals surface area (Å²) in [5, 5.41) is 11.9. The first-order chi connectivity index (χ1) is 18.8. The largest absolute Gasteiger partial charge is 0.480 e. The molecule has 0 unspecified atom stereocenters. The molecule has 0 bridgehead atoms. The number of ether oxygens (including phenoxy) is 2. The molecule has 2 N–H and O–H groups in total. The van der Waals surface area contributed by atoms with Gasteiger partial charge in [-0.1, -0.05) is 60.7 Å². The van der Waals surface area contributed by atoms with Gasteiger partial charge in [-0.15, -0.1) is 0 Å². The molecule has 0 spiro atoms. The van der Waals surface area contributed by atoms with Crippen LogP contribution >= 0.6 is 0 Å². The summed E-state index contributed by atoms with van der Waals surface area (Å²) in [6, 6.07) is 16.7. The van der Waals surface area contributed by atoms with Crippen molar-refractivity contribution in [1.82, 2.24) is 5.32 Å². The highest BCUT2D eigenvalue weighted by Gasteiger charge is 2.40. The number of alkyl halides is 3. The van der Waals surface area contributed by atoms with E-state index in [-0.39, 0.29) is 12.5 Å². The van der Waals surface area contributed by atoms with Crippen LogP contribution < -0.4 is 5.32 Å². The molecule has 10 heteroatoms. The maximum Gasteiger partial charge on any atom is 0.417 e. The number of rotatable bonds is 7. The molecular weight excluding hydrogens is 527 g/mol. The van der Waals surface area contributed by atoms with Gasteiger partial charge in [0.05, 0.1) is 11.1 Å². The number of hydrogen-bond acceptors (Lipinski definition) is 5. The topological polar surface area (TPSA) is 102 Å². The van der Waals surface area contributed by atoms with E-state index in [1.807, 2.05) is 48.5 Å². The number of alkyl carbamates (subject to hydrolysis) is 1. The zero-order chi connectivity index (χ0) is 29.2. The third kappa shape index (κ3) is 6.27. The zero-order valence-corrected chi connectivity index (χ0v) is 22.0. The minimum atomic E-state index is -4.99. The number of carboxylic acids is 1. The van der Waals surface area contributed by atoms with Crippen molar-refractivity contribution in [2.75, 3.05) is 6.61 Å². The second kappa shape index (κ2) is 11.0. The van der Waals surface area contributed by atoms with Crippen LogP contribution in [-0.4, -0.2) is 41.4 Å². The lowest BCUT2D eigenvalue weighted by Crippen LogP contribution is -2.43. The number of carbonyl (C=O) groups is 3. The molecule has 0 radical (unpaired) electrons. The normalized spacial score (nSPS) is 13.7. The average Bonchev–Trinajstić information content (AvgIpc) is 3.19. The van der Waals surface area contributed by atoms with Crippen molar-refractivity contribution >= 4 is 18.0 Å². The monoisotopic (exact) mass is 555 g/mol. The van der Waals surface area contributed by atoms with Crippen LogP contribution in [0.5, 0.6) is 0 Å². The van der Waals surface area contributed by atoms with Crippen LogP contribution in [0, 0.1) is 0 Å². The Balaban J connectivity index is 1.52. The fourth-order valence-corrected chi connectivity index (χ4v) is 4.81. The first kappa shape index (κ1) is 28.7. The molecule has 0 saturated carbocycles. The average molecular weight is 556 g/mol. The van der Waals surface area contributed by atoms with Crippen molar-refractivity contribution in [3.8, 4) is 11.1 Å². The third-order valence-electron chi connectivity index (χ3n) is 6.41. The number of amides is 1. The second-order valence-corrected chi connectivity index (χ2v) is 10.4. The van der Waals surface area contributed by atoms with Crippen LogP contribution in [0.1, 0.15) is 59.3 Å². The summed E-state index contributed by atoms with van der Waals surface area (Å²) >= 11 is 0. The maximum atomic E-state index is 14.1. The van der Waals surface area contributed by atoms with E-state index >= 15 is 0 Å². The lowest BCUT2D eigenvalue weighted by Gasteiger charge is -2.23. The van der Waals surface area contributed by atoms with Gasteiger partial charge in [-0.3, -0.25) is 0 Å². The Morgan fingerprint density at radius 1 is 0.900 bits per heavy atom. The molecule has 0 fully saturated rings. The van der Waals surface area contributed by atoms with E-state index in [0.29, 0.717) is 0 Å². The van der Waals surface area contributed by atoms with E-state index in [9.17, 15) is 32.7 Å². The molecule has 1 aliphatic rings. The highest BCUT2D eigenvalue weighted by atomic mass is 19.4. The van der Waals surface area contributed by atoms with Crippen molar-refractivity contribution in [2.24, 2.45) is 0 Å². The highest BCUT2D eigenvalue weighted by molar-refractivity contribution is 5.92. The van der Waals surface area contributed by atoms with E-state index < -0.39 is 59.0 Å². The number of esters is 1. The summed E-state index contributed by atoms with van der Waals surface area (Å²) in [4.78, 5) is 37.1. The molecular formula is C30H28F3NO6. The standard InChI is InChI=1S/C30H28F3NO6/c1-29(2,3)40-27(37)22-14-8-9-17(25(22)30(31,32)33)15-24(26(35)36)34-28(38)39-16-23-20-12-6-4-10-18(20)19-11-5-7-13-21(19)23/h4-14,23-24H,15-16H2,1-3H3,(H,34,38)(H,35,36)/t24-/m0/s1. The molecule has 0 heterocycles. The SMILES string of the molecule is CC(C)(C)OC(=O)c1cccc(C[C@H](NC(=O)OCC2c3ccccc3-c3ccccc32)C(=O)O)c1C(F)(F)F. The van der Waals surface area contributed by atoms with E-state index in [1.54, 1.807) is 0 Å². The molecule has 3 aromatic rings. The number of carboxylic acid groups (broad SMARTS) is 1. The molecule has 7 nitrogen and oxygen atoms in total. The Hall–Kier alpha value is -4.34. The number of benzene rings is 3. The van der Waals surface area contributed by atoms with Gasteiger partial charge in [0, 0.05) is 12.3 Å². The van der Waals surface area contributed by atoms with Crippen LogP contribution in [0.3, 0.4) is 0 Å². The van der Waals surface area contributed by atoms with Crippen molar-refractivity contribution in [2.45, 2.75) is 50.9 Å². The van der Waals surface area contributed by atoms with Gasteiger partial charge in [0.2, 0.25) is 0 Å². The predicted molar refractivity (Wildman–Crippen MR) is 140 cm³/mol. The summed E-state index contributed by atoms with van der Waals surface area (Å²) in [7, 11) is 0. The van der Waals surface area contributed by atoms with E-state index in [4.69, 9.17) is 9.47 Å². The number of aliphatic carboxylic acids is 1. The summed E-state index contributed by atoms with van der Waals surface area (Å²) in [5.74, 6) is -3.05. The van der Waals surface area contributed by atoms with Gasteiger partial charge in [0.15, 0.2) is 0 Å². The van der Waals surface area contributed by atoms with Crippen LogP contribution in [0.2, 0.25) is 0 Å². The molecule has 210 valence electrons. The Kier molecular flexibility index (Phi) is 7.91. The summed E-state index contributed by atoms with van der Waals surface area (Å²) in [6.07, 6.45) is -6.83. The van der Waals surface area contributed by atoms with Gasteiger partial charge < -0.3 is 19.9 Å². The van der Waals surface area contributed by atoms with Crippen LogP contribution in [0.4, 0.5) is 18.0 Å². The van der Waals surface area contributed by atoms with Gasteiger partial charge in [-0.2, -0.15) is 13.2 Å². The van der Waals surface area contributed by atoms with Crippen molar-refractivity contribution in [3.63, 3.8) is 0 Å². The Bertz CT molecular complexity index is 1400. The summed E-state index contributed by atoms with van der Waals surface area (Å²) < 4.78 is 52.7. The summed E-state index contributed by atoms with van der Waals surface area (Å²) in [5.41, 5.74) is 0.295. The molecule has 4 rings (SSSR count). The van der Waals surface area contributed by atoms with E-state index in [0.717, 1.165) is 34.4 Å². The van der Waals surface area contributed by atoms with Gasteiger partial charge in [-0.25, -0.2) is 14.4 Å². The molecule has 0 aliphatic heterocycles. The molecule has 0 saturated heterocycles. The molecule has 1 aliphatic carbocycles. The minimum absolute atomic E-state index is 0.103. The number of nitrogens with one attached hydrogen (secondary N) is 1. The van der Waals surface area contributed by atoms with Crippen LogP contribution in [0.25, 0.3) is 11.1 Å². The minimum Gasteiger partial charge on any atom is -0.480 e. The predicted octanol–water partition coefficient (Wildman–Crippen LogP) is 6.20. The third-order valence-corrected chi connectivity index (χ3v) is 6.41. The van der Waals surface area contributed by atoms with Gasteiger partial charge in [0.1, 0.15) is 18.2 Å². The molecule has 3 aromatic carbocycles. The van der Waals surface area contributed by atoms with Gasteiger partial charge >= 0.3 is 24.2 Å². The second-order valence-electron chi connectivity index (χ2n) is 10.4. The fourth-order valence-electron chi connectivity index (χ4n) is 4.81. The summed E-state index contributed by atoms with van der Waals surface area (Å²) in [6.45, 7) is 4.44. The maximum absolute atomic E-state index is 14.1. The number of fused-ring (bicyclic) bond motifs is 3. The van der Waals surface area contributed by atoms with Crippen molar-refractivity contribution in [3.05, 3.63) is 94.5 Å². The van der Waals surface area contributed by atoms with E-state index in [2.05, 4.69) is 5.32 Å². The van der Waals surface area contributed by atoms with E-state index in [1.165, 1.54) is 26.8 Å². The van der Waals surface area contributed by atoms with Crippen molar-refractivity contribution in [1.29, 1.82) is 0 Å². The molecule has 1 atom stereocenters. The van der Waals surface area contributed by atoms with Gasteiger partial charge in [0.25, 0.3) is 0 Å². The lowest BCUT2D eigenvalue weighted by molar-refractivity contribution is -0.141. The Morgan fingerprint density at radius 2 is 1.48 bits per heavy atom. The van der Waals surface area contributed by atoms with Gasteiger partial charge in [-0.05, 0) is 54.7 Å². The molecule has 1 amide bonds. The van der Waals surface area contributed by atoms with Crippen LogP contribution in [-0.2, 0) is 26.9 Å². The number of carbonyl (C=O) groups excluding carboxylic acids is 2. The fraction of sp³-hybridized carbons (Fsp3) is 0.300. The zero-order valence-electron chi connectivity index (χ0n) is 22.0. The first-order valence-electron chi connectivity index (χ1n) is 12.5. The Labute approximate surface area is 228 Å². The number of halogens is 3. The number of hydrogen-bond donors (Lipinski definition) is 2. The molecule has 40 heavy (non-hydrogen) atoms. The smallest absolute Gasteiger partial charge is 0.417 e. The molecule has 0 aromatic heterocycles. The highest BCUT2D eigenvalue weighted by Crippen LogP contribution is 2.44. The Morgan fingerprint density at radius 3 is 2.00 bits per heavy atom. The lowest BCUT2D eigenvalue weighted by atomic mass is 9.95.